The minimum Gasteiger partial charge on any atom is -0.386 e. The van der Waals surface area contributed by atoms with Gasteiger partial charge in [0.25, 0.3) is 5.91 Å². The molecular weight excluding hydrogens is 222 g/mol. The summed E-state index contributed by atoms with van der Waals surface area (Å²) >= 11 is 0. The van der Waals surface area contributed by atoms with Gasteiger partial charge in [-0.3, -0.25) is 9.48 Å². The molecule has 1 aliphatic rings. The molecule has 1 saturated heterocycles. The molecule has 7 nitrogen and oxygen atoms in total. The lowest BCUT2D eigenvalue weighted by molar-refractivity contribution is -0.0828. The van der Waals surface area contributed by atoms with E-state index in [9.17, 15) is 9.90 Å². The molecule has 7 heteroatoms. The first-order chi connectivity index (χ1) is 8.08. The van der Waals surface area contributed by atoms with Crippen molar-refractivity contribution in [2.45, 2.75) is 25.5 Å². The Morgan fingerprint density at radius 1 is 1.65 bits per heavy atom. The van der Waals surface area contributed by atoms with Crippen molar-refractivity contribution in [2.75, 3.05) is 19.6 Å². The summed E-state index contributed by atoms with van der Waals surface area (Å²) in [6, 6.07) is 0. The van der Waals surface area contributed by atoms with Crippen LogP contribution < -0.4 is 5.73 Å². The van der Waals surface area contributed by atoms with E-state index in [-0.39, 0.29) is 5.91 Å². The third-order valence-corrected chi connectivity index (χ3v) is 3.03. The molecule has 1 aromatic heterocycles. The molecule has 0 bridgehead atoms. The summed E-state index contributed by atoms with van der Waals surface area (Å²) in [6.45, 7) is 3.63. The van der Waals surface area contributed by atoms with Crippen LogP contribution in [0.15, 0.2) is 6.20 Å². The predicted molar refractivity (Wildman–Crippen MR) is 60.2 cm³/mol. The van der Waals surface area contributed by atoms with Crippen molar-refractivity contribution in [3.63, 3.8) is 0 Å². The molecule has 17 heavy (non-hydrogen) atoms. The average Bonchev–Trinajstić information content (AvgIpc) is 2.73. The van der Waals surface area contributed by atoms with Crippen molar-refractivity contribution in [1.29, 1.82) is 0 Å². The topological polar surface area (TPSA) is 97.3 Å². The van der Waals surface area contributed by atoms with E-state index in [1.807, 2.05) is 6.92 Å². The fourth-order valence-corrected chi connectivity index (χ4v) is 1.83. The summed E-state index contributed by atoms with van der Waals surface area (Å²) in [7, 11) is 0. The first-order valence-electron chi connectivity index (χ1n) is 5.70. The second-order valence-corrected chi connectivity index (χ2v) is 4.39. The average molecular weight is 239 g/mol. The van der Waals surface area contributed by atoms with Crippen LogP contribution in [0.25, 0.3) is 0 Å². The highest BCUT2D eigenvalue weighted by Crippen LogP contribution is 2.25. The Labute approximate surface area is 99.2 Å². The smallest absolute Gasteiger partial charge is 0.276 e. The lowest BCUT2D eigenvalue weighted by Gasteiger charge is -2.45. The molecule has 0 radical (unpaired) electrons. The molecule has 0 spiro atoms. The number of carbonyl (C=O) groups excluding carboxylic acids is 1. The third-order valence-electron chi connectivity index (χ3n) is 3.03. The lowest BCUT2D eigenvalue weighted by atomic mass is 9.91. The number of nitrogens with two attached hydrogens (primary N) is 1. The van der Waals surface area contributed by atoms with Gasteiger partial charge in [0.1, 0.15) is 0 Å². The second kappa shape index (κ2) is 4.42. The standard InChI is InChI=1S/C10H17N5O2/c1-2-10(17)6-14(7-10)9(16)8-5-15(4-3-11)13-12-8/h5,17H,2-4,6-7,11H2,1H3. The maximum Gasteiger partial charge on any atom is 0.276 e. The largest absolute Gasteiger partial charge is 0.386 e. The number of nitrogens with zero attached hydrogens (tertiary/aromatic N) is 4. The van der Waals surface area contributed by atoms with Crippen molar-refractivity contribution in [3.8, 4) is 0 Å². The van der Waals surface area contributed by atoms with Crippen molar-refractivity contribution in [1.82, 2.24) is 19.9 Å². The zero-order valence-corrected chi connectivity index (χ0v) is 9.83. The number of likely N-dealkylation sites (tertiary alicyclic amines) is 1. The Bertz CT molecular complexity index is 411. The fourth-order valence-electron chi connectivity index (χ4n) is 1.83. The Balaban J connectivity index is 1.96. The van der Waals surface area contributed by atoms with E-state index in [4.69, 9.17) is 5.73 Å². The van der Waals surface area contributed by atoms with Gasteiger partial charge in [-0.2, -0.15) is 0 Å². The quantitative estimate of drug-likeness (QED) is 0.690. The normalized spacial score (nSPS) is 17.9. The summed E-state index contributed by atoms with van der Waals surface area (Å²) in [5.74, 6) is -0.189. The van der Waals surface area contributed by atoms with E-state index >= 15 is 0 Å². The van der Waals surface area contributed by atoms with Crippen LogP contribution in [0.4, 0.5) is 0 Å². The zero-order valence-electron chi connectivity index (χ0n) is 9.83. The Kier molecular flexibility index (Phi) is 3.12. The molecule has 2 heterocycles. The monoisotopic (exact) mass is 239 g/mol. The number of hydrogen-bond donors (Lipinski definition) is 2. The van der Waals surface area contributed by atoms with Gasteiger partial charge in [-0.25, -0.2) is 0 Å². The number of amides is 1. The Morgan fingerprint density at radius 3 is 2.94 bits per heavy atom. The van der Waals surface area contributed by atoms with Gasteiger partial charge in [-0.1, -0.05) is 12.1 Å². The van der Waals surface area contributed by atoms with Crippen molar-refractivity contribution >= 4 is 5.91 Å². The van der Waals surface area contributed by atoms with Gasteiger partial charge in [0, 0.05) is 6.54 Å². The molecule has 1 fully saturated rings. The van der Waals surface area contributed by atoms with Gasteiger partial charge < -0.3 is 15.7 Å². The number of rotatable bonds is 4. The van der Waals surface area contributed by atoms with E-state index in [1.165, 1.54) is 0 Å². The van der Waals surface area contributed by atoms with E-state index < -0.39 is 5.60 Å². The van der Waals surface area contributed by atoms with E-state index in [0.29, 0.717) is 38.3 Å². The molecule has 0 aliphatic carbocycles. The highest BCUT2D eigenvalue weighted by Gasteiger charge is 2.42. The number of β-amino-alcohol motifs (C(OH)–C–C–N with tert-alkyl or cyclic N) is 1. The molecule has 0 aromatic carbocycles. The summed E-state index contributed by atoms with van der Waals surface area (Å²) in [6.07, 6.45) is 2.23. The molecule has 2 rings (SSSR count). The predicted octanol–water partition coefficient (Wildman–Crippen LogP) is -1.17. The van der Waals surface area contributed by atoms with Crippen molar-refractivity contribution in [2.24, 2.45) is 5.73 Å². The first kappa shape index (κ1) is 12.0. The fraction of sp³-hybridized carbons (Fsp3) is 0.700. The molecule has 0 unspecified atom stereocenters. The van der Waals surface area contributed by atoms with Gasteiger partial charge in [-0.15, -0.1) is 5.10 Å². The van der Waals surface area contributed by atoms with E-state index in [2.05, 4.69) is 10.3 Å². The van der Waals surface area contributed by atoms with Gasteiger partial charge in [0.2, 0.25) is 0 Å². The minimum absolute atomic E-state index is 0.189. The highest BCUT2D eigenvalue weighted by molar-refractivity contribution is 5.92. The molecular formula is C10H17N5O2. The molecule has 1 aliphatic heterocycles. The maximum absolute atomic E-state index is 11.9. The summed E-state index contributed by atoms with van der Waals surface area (Å²) in [4.78, 5) is 13.5. The van der Waals surface area contributed by atoms with Crippen molar-refractivity contribution < 1.29 is 9.90 Å². The molecule has 1 aromatic rings. The van der Waals surface area contributed by atoms with E-state index in [1.54, 1.807) is 15.8 Å². The molecule has 0 atom stereocenters. The lowest BCUT2D eigenvalue weighted by Crippen LogP contribution is -2.63. The summed E-state index contributed by atoms with van der Waals surface area (Å²) < 4.78 is 1.54. The third kappa shape index (κ3) is 2.29. The number of hydrogen-bond acceptors (Lipinski definition) is 5. The van der Waals surface area contributed by atoms with Gasteiger partial charge >= 0.3 is 0 Å². The van der Waals surface area contributed by atoms with Gasteiger partial charge in [0.05, 0.1) is 31.4 Å². The van der Waals surface area contributed by atoms with Crippen LogP contribution in [0.5, 0.6) is 0 Å². The first-order valence-corrected chi connectivity index (χ1v) is 5.70. The van der Waals surface area contributed by atoms with Crippen LogP contribution in [-0.2, 0) is 6.54 Å². The number of aromatic nitrogens is 3. The number of aliphatic hydroxyl groups is 1. The zero-order chi connectivity index (χ0) is 12.5. The van der Waals surface area contributed by atoms with Crippen LogP contribution >= 0.6 is 0 Å². The van der Waals surface area contributed by atoms with Crippen LogP contribution in [-0.4, -0.2) is 56.1 Å². The molecule has 94 valence electrons. The van der Waals surface area contributed by atoms with Crippen LogP contribution in [0, 0.1) is 0 Å². The molecule has 0 saturated carbocycles. The SMILES string of the molecule is CCC1(O)CN(C(=O)c2cn(CCN)nn2)C1. The molecule has 1 amide bonds. The minimum atomic E-state index is -0.719. The maximum atomic E-state index is 11.9. The van der Waals surface area contributed by atoms with Crippen molar-refractivity contribution in [3.05, 3.63) is 11.9 Å². The Morgan fingerprint density at radius 2 is 2.35 bits per heavy atom. The summed E-state index contributed by atoms with van der Waals surface area (Å²) in [5.41, 5.74) is 4.96. The van der Waals surface area contributed by atoms with Crippen LogP contribution in [0.1, 0.15) is 23.8 Å². The van der Waals surface area contributed by atoms with Crippen LogP contribution in [0.3, 0.4) is 0 Å². The van der Waals surface area contributed by atoms with E-state index in [0.717, 1.165) is 0 Å². The van der Waals surface area contributed by atoms with Crippen LogP contribution in [0.2, 0.25) is 0 Å². The molecule has 3 N–H and O–H groups in total. The Hall–Kier alpha value is -1.47. The summed E-state index contributed by atoms with van der Waals surface area (Å²) in [5, 5.41) is 17.4. The van der Waals surface area contributed by atoms with Gasteiger partial charge in [0.15, 0.2) is 5.69 Å². The number of carbonyl (C=O) groups is 1. The second-order valence-electron chi connectivity index (χ2n) is 4.39. The van der Waals surface area contributed by atoms with Gasteiger partial charge in [-0.05, 0) is 6.42 Å². The highest BCUT2D eigenvalue weighted by atomic mass is 16.3.